The first-order chi connectivity index (χ1) is 11.7. The minimum atomic E-state index is -0.159. The van der Waals surface area contributed by atoms with Crippen molar-refractivity contribution >= 4 is 23.2 Å². The first-order valence-electron chi connectivity index (χ1n) is 8.07. The Morgan fingerprint density at radius 1 is 1.29 bits per heavy atom. The maximum atomic E-state index is 12.4. The van der Waals surface area contributed by atoms with Gasteiger partial charge < -0.3 is 10.6 Å². The SMILES string of the molecule is O=C(Nc1cnc(Cl)nc1)c1ccc2c(c1)CCN1CCNCC21. The number of nitrogens with one attached hydrogen (secondary N) is 2. The van der Waals surface area contributed by atoms with Gasteiger partial charge in [0.05, 0.1) is 18.1 Å². The number of hydrogen-bond acceptors (Lipinski definition) is 5. The highest BCUT2D eigenvalue weighted by molar-refractivity contribution is 6.28. The van der Waals surface area contributed by atoms with E-state index in [2.05, 4.69) is 31.6 Å². The van der Waals surface area contributed by atoms with Gasteiger partial charge >= 0.3 is 0 Å². The van der Waals surface area contributed by atoms with E-state index in [0.717, 1.165) is 32.6 Å². The zero-order valence-corrected chi connectivity index (χ0v) is 13.9. The van der Waals surface area contributed by atoms with Crippen LogP contribution in [0.4, 0.5) is 5.69 Å². The van der Waals surface area contributed by atoms with Gasteiger partial charge in [-0.15, -0.1) is 0 Å². The van der Waals surface area contributed by atoms with Crippen LogP contribution < -0.4 is 10.6 Å². The molecule has 2 N–H and O–H groups in total. The molecule has 3 heterocycles. The van der Waals surface area contributed by atoms with Gasteiger partial charge in [-0.3, -0.25) is 9.69 Å². The molecule has 4 rings (SSSR count). The van der Waals surface area contributed by atoms with Crippen molar-refractivity contribution in [2.24, 2.45) is 0 Å². The van der Waals surface area contributed by atoms with E-state index in [9.17, 15) is 4.79 Å². The normalized spacial score (nSPS) is 20.1. The lowest BCUT2D eigenvalue weighted by Crippen LogP contribution is -2.48. The zero-order valence-electron chi connectivity index (χ0n) is 13.1. The summed E-state index contributed by atoms with van der Waals surface area (Å²) < 4.78 is 0. The highest BCUT2D eigenvalue weighted by Gasteiger charge is 2.29. The Kier molecular flexibility index (Phi) is 4.18. The van der Waals surface area contributed by atoms with Crippen LogP contribution in [0.15, 0.2) is 30.6 Å². The number of piperazine rings is 1. The monoisotopic (exact) mass is 343 g/mol. The second-order valence-corrected chi connectivity index (χ2v) is 6.45. The molecular weight excluding hydrogens is 326 g/mol. The first kappa shape index (κ1) is 15.5. The molecule has 1 amide bonds. The van der Waals surface area contributed by atoms with E-state index in [4.69, 9.17) is 11.6 Å². The van der Waals surface area contributed by atoms with E-state index in [1.165, 1.54) is 23.5 Å². The smallest absolute Gasteiger partial charge is 0.255 e. The van der Waals surface area contributed by atoms with Crippen LogP contribution in [0.25, 0.3) is 0 Å². The van der Waals surface area contributed by atoms with Crippen molar-refractivity contribution in [1.29, 1.82) is 0 Å². The largest absolute Gasteiger partial charge is 0.319 e. The van der Waals surface area contributed by atoms with E-state index < -0.39 is 0 Å². The topological polar surface area (TPSA) is 70.2 Å². The van der Waals surface area contributed by atoms with Crippen LogP contribution in [0.5, 0.6) is 0 Å². The molecule has 7 heteroatoms. The van der Waals surface area contributed by atoms with Gasteiger partial charge in [-0.2, -0.15) is 0 Å². The van der Waals surface area contributed by atoms with Gasteiger partial charge in [0, 0.05) is 37.8 Å². The van der Waals surface area contributed by atoms with Gasteiger partial charge in [-0.25, -0.2) is 9.97 Å². The molecule has 2 aromatic rings. The number of carbonyl (C=O) groups excluding carboxylic acids is 1. The van der Waals surface area contributed by atoms with Gasteiger partial charge in [-0.05, 0) is 41.3 Å². The second-order valence-electron chi connectivity index (χ2n) is 6.11. The fraction of sp³-hybridized carbons (Fsp3) is 0.353. The molecule has 1 fully saturated rings. The Hall–Kier alpha value is -2.02. The van der Waals surface area contributed by atoms with Gasteiger partial charge in [0.25, 0.3) is 5.91 Å². The molecule has 0 radical (unpaired) electrons. The van der Waals surface area contributed by atoms with Crippen molar-refractivity contribution in [3.05, 3.63) is 52.6 Å². The first-order valence-corrected chi connectivity index (χ1v) is 8.45. The molecule has 0 bridgehead atoms. The number of anilines is 1. The third-order valence-corrected chi connectivity index (χ3v) is 4.86. The minimum Gasteiger partial charge on any atom is -0.319 e. The van der Waals surface area contributed by atoms with Gasteiger partial charge in [0.15, 0.2) is 0 Å². The highest BCUT2D eigenvalue weighted by Crippen LogP contribution is 2.31. The van der Waals surface area contributed by atoms with Crippen molar-refractivity contribution in [2.75, 3.05) is 31.5 Å². The van der Waals surface area contributed by atoms with Crippen molar-refractivity contribution < 1.29 is 4.79 Å². The standard InChI is InChI=1S/C17H18ClN5O/c18-17-20-8-13(9-21-17)22-16(24)12-1-2-14-11(7-12)3-5-23-6-4-19-10-15(14)23/h1-2,7-9,15,19H,3-6,10H2,(H,22,24). The Morgan fingerprint density at radius 2 is 2.12 bits per heavy atom. The lowest BCUT2D eigenvalue weighted by molar-refractivity contribution is 0.102. The Balaban J connectivity index is 1.54. The molecule has 0 spiro atoms. The summed E-state index contributed by atoms with van der Waals surface area (Å²) in [6, 6.07) is 6.41. The number of carbonyl (C=O) groups is 1. The summed E-state index contributed by atoms with van der Waals surface area (Å²) >= 11 is 5.66. The molecule has 2 aliphatic heterocycles. The summed E-state index contributed by atoms with van der Waals surface area (Å²) in [5.74, 6) is -0.159. The van der Waals surface area contributed by atoms with E-state index in [1.807, 2.05) is 12.1 Å². The molecule has 0 saturated carbocycles. The molecule has 1 aromatic heterocycles. The fourth-order valence-corrected chi connectivity index (χ4v) is 3.55. The molecule has 1 atom stereocenters. The molecule has 1 unspecified atom stereocenters. The summed E-state index contributed by atoms with van der Waals surface area (Å²) in [7, 11) is 0. The maximum Gasteiger partial charge on any atom is 0.255 e. The lowest BCUT2D eigenvalue weighted by Gasteiger charge is -2.41. The average molecular weight is 344 g/mol. The van der Waals surface area contributed by atoms with Crippen LogP contribution in [0.1, 0.15) is 27.5 Å². The van der Waals surface area contributed by atoms with Crippen molar-refractivity contribution in [2.45, 2.75) is 12.5 Å². The van der Waals surface area contributed by atoms with Crippen LogP contribution in [0, 0.1) is 0 Å². The number of fused-ring (bicyclic) bond motifs is 3. The third kappa shape index (κ3) is 3.00. The predicted molar refractivity (Wildman–Crippen MR) is 92.3 cm³/mol. The van der Waals surface area contributed by atoms with Crippen LogP contribution in [-0.4, -0.2) is 47.0 Å². The number of benzene rings is 1. The fourth-order valence-electron chi connectivity index (χ4n) is 3.45. The minimum absolute atomic E-state index is 0.159. The van der Waals surface area contributed by atoms with Gasteiger partial charge in [0.2, 0.25) is 5.28 Å². The molecule has 1 saturated heterocycles. The summed E-state index contributed by atoms with van der Waals surface area (Å²) in [5.41, 5.74) is 3.78. The summed E-state index contributed by atoms with van der Waals surface area (Å²) in [4.78, 5) is 22.7. The number of hydrogen-bond donors (Lipinski definition) is 2. The number of rotatable bonds is 2. The summed E-state index contributed by atoms with van der Waals surface area (Å²) in [6.07, 6.45) is 3.98. The van der Waals surface area contributed by atoms with E-state index >= 15 is 0 Å². The van der Waals surface area contributed by atoms with Crippen LogP contribution in [0.2, 0.25) is 5.28 Å². The molecule has 24 heavy (non-hydrogen) atoms. The van der Waals surface area contributed by atoms with Crippen LogP contribution in [0.3, 0.4) is 0 Å². The molecule has 1 aromatic carbocycles. The maximum absolute atomic E-state index is 12.4. The Morgan fingerprint density at radius 3 is 2.96 bits per heavy atom. The Bertz CT molecular complexity index is 764. The number of aromatic nitrogens is 2. The molecule has 0 aliphatic carbocycles. The van der Waals surface area contributed by atoms with Crippen LogP contribution in [-0.2, 0) is 6.42 Å². The number of amides is 1. The quantitative estimate of drug-likeness (QED) is 0.815. The van der Waals surface area contributed by atoms with E-state index in [0.29, 0.717) is 17.3 Å². The van der Waals surface area contributed by atoms with Crippen molar-refractivity contribution in [3.63, 3.8) is 0 Å². The Labute approximate surface area is 145 Å². The van der Waals surface area contributed by atoms with Crippen molar-refractivity contribution in [1.82, 2.24) is 20.2 Å². The van der Waals surface area contributed by atoms with E-state index in [-0.39, 0.29) is 11.2 Å². The van der Waals surface area contributed by atoms with E-state index in [1.54, 1.807) is 0 Å². The molecule has 124 valence electrons. The molecule has 6 nitrogen and oxygen atoms in total. The average Bonchev–Trinajstić information content (AvgIpc) is 2.63. The van der Waals surface area contributed by atoms with Crippen molar-refractivity contribution in [3.8, 4) is 0 Å². The predicted octanol–water partition coefficient (Wildman–Crippen LogP) is 1.88. The molecular formula is C17H18ClN5O. The van der Waals surface area contributed by atoms with Gasteiger partial charge in [0.1, 0.15) is 0 Å². The molecule has 2 aliphatic rings. The number of halogens is 1. The summed E-state index contributed by atoms with van der Waals surface area (Å²) in [5, 5.41) is 6.42. The van der Waals surface area contributed by atoms with Gasteiger partial charge in [-0.1, -0.05) is 6.07 Å². The summed E-state index contributed by atoms with van der Waals surface area (Å²) in [6.45, 7) is 4.16. The number of nitrogens with zero attached hydrogens (tertiary/aromatic N) is 3. The van der Waals surface area contributed by atoms with Crippen LogP contribution >= 0.6 is 11.6 Å². The third-order valence-electron chi connectivity index (χ3n) is 4.66. The highest BCUT2D eigenvalue weighted by atomic mass is 35.5. The zero-order chi connectivity index (χ0) is 16.5. The lowest BCUT2D eigenvalue weighted by atomic mass is 9.90. The second kappa shape index (κ2) is 6.47.